The van der Waals surface area contributed by atoms with Crippen LogP contribution >= 0.6 is 11.6 Å². The quantitative estimate of drug-likeness (QED) is 0.501. The van der Waals surface area contributed by atoms with Crippen molar-refractivity contribution in [2.45, 2.75) is 25.3 Å². The fourth-order valence-electron chi connectivity index (χ4n) is 3.09. The summed E-state index contributed by atoms with van der Waals surface area (Å²) >= 11 is 6.22. The van der Waals surface area contributed by atoms with Gasteiger partial charge < -0.3 is 10.4 Å². The summed E-state index contributed by atoms with van der Waals surface area (Å²) in [4.78, 5) is 27.8. The number of carbonyl (C=O) groups excluding carboxylic acids is 1. The van der Waals surface area contributed by atoms with Gasteiger partial charge in [0.05, 0.1) is 16.1 Å². The van der Waals surface area contributed by atoms with Gasteiger partial charge in [-0.1, -0.05) is 35.4 Å². The number of aryl methyl sites for hydroxylation is 1. The molecule has 33 heavy (non-hydrogen) atoms. The summed E-state index contributed by atoms with van der Waals surface area (Å²) < 4.78 is 27.9. The Morgan fingerprint density at radius 2 is 1.79 bits per heavy atom. The van der Waals surface area contributed by atoms with Crippen molar-refractivity contribution >= 4 is 39.2 Å². The molecule has 0 bridgehead atoms. The van der Waals surface area contributed by atoms with E-state index < -0.39 is 28.4 Å². The highest BCUT2D eigenvalue weighted by Gasteiger charge is 2.28. The van der Waals surface area contributed by atoms with E-state index >= 15 is 0 Å². The zero-order valence-corrected chi connectivity index (χ0v) is 19.5. The average Bonchev–Trinajstić information content (AvgIpc) is 2.78. The van der Waals surface area contributed by atoms with Crippen LogP contribution in [-0.2, 0) is 21.4 Å². The van der Waals surface area contributed by atoms with E-state index in [0.29, 0.717) is 16.1 Å². The van der Waals surface area contributed by atoms with E-state index in [1.165, 1.54) is 30.6 Å². The summed E-state index contributed by atoms with van der Waals surface area (Å²) in [6, 6.07) is 12.6. The number of benzene rings is 2. The maximum Gasteiger partial charge on any atom is 0.337 e. The second-order valence-electron chi connectivity index (χ2n) is 7.37. The molecule has 0 aliphatic carbocycles. The molecule has 0 aliphatic heterocycles. The molecule has 0 unspecified atom stereocenters. The number of anilines is 1. The number of hydrogen-bond donors (Lipinski definition) is 2. The molecule has 0 atom stereocenters. The van der Waals surface area contributed by atoms with E-state index in [-0.39, 0.29) is 22.7 Å². The van der Waals surface area contributed by atoms with Gasteiger partial charge in [-0.3, -0.25) is 14.1 Å². The van der Waals surface area contributed by atoms with Crippen LogP contribution in [0.2, 0.25) is 5.02 Å². The van der Waals surface area contributed by atoms with Crippen molar-refractivity contribution < 1.29 is 23.1 Å². The Kier molecular flexibility index (Phi) is 7.35. The van der Waals surface area contributed by atoms with E-state index in [9.17, 15) is 18.0 Å². The number of aromatic carboxylic acids is 1. The second-order valence-corrected chi connectivity index (χ2v) is 9.64. The number of nitrogens with zero attached hydrogens (tertiary/aromatic N) is 2. The van der Waals surface area contributed by atoms with Gasteiger partial charge in [-0.05, 0) is 55.3 Å². The minimum atomic E-state index is -4.08. The Hall–Kier alpha value is -3.43. The van der Waals surface area contributed by atoms with Crippen molar-refractivity contribution in [3.8, 4) is 0 Å². The zero-order valence-electron chi connectivity index (χ0n) is 17.9. The highest BCUT2D eigenvalue weighted by Crippen LogP contribution is 2.30. The van der Waals surface area contributed by atoms with E-state index in [0.717, 1.165) is 9.87 Å². The molecule has 10 heteroatoms. The van der Waals surface area contributed by atoms with Crippen LogP contribution in [0.5, 0.6) is 0 Å². The topological polar surface area (TPSA) is 117 Å². The summed E-state index contributed by atoms with van der Waals surface area (Å²) in [5.41, 5.74) is 2.15. The Labute approximate surface area is 196 Å². The van der Waals surface area contributed by atoms with E-state index in [1.807, 2.05) is 6.92 Å². The minimum absolute atomic E-state index is 0.0140. The van der Waals surface area contributed by atoms with Gasteiger partial charge >= 0.3 is 5.97 Å². The molecular formula is C23H22ClN3O5S. The Balaban J connectivity index is 1.89. The monoisotopic (exact) mass is 487 g/mol. The second kappa shape index (κ2) is 10.0. The third-order valence-corrected chi connectivity index (χ3v) is 7.12. The van der Waals surface area contributed by atoms with E-state index in [2.05, 4.69) is 10.3 Å². The van der Waals surface area contributed by atoms with Crippen LogP contribution in [0.4, 0.5) is 5.69 Å². The summed E-state index contributed by atoms with van der Waals surface area (Å²) in [5, 5.41) is 12.1. The smallest absolute Gasteiger partial charge is 0.337 e. The lowest BCUT2D eigenvalue weighted by Crippen LogP contribution is -2.41. The number of carboxylic acids is 1. The fraction of sp³-hybridized carbons (Fsp3) is 0.174. The number of halogens is 1. The number of rotatable bonds is 8. The first-order valence-corrected chi connectivity index (χ1v) is 11.7. The third kappa shape index (κ3) is 5.68. The van der Waals surface area contributed by atoms with Crippen LogP contribution in [0, 0.1) is 13.8 Å². The van der Waals surface area contributed by atoms with Gasteiger partial charge in [0.15, 0.2) is 0 Å². The standard InChI is InChI=1S/C23H22ClN3O5S/c1-15-6-8-19(9-7-15)33(31,32)27(21-5-3-4-20(24)16(21)2)14-22(28)26-12-17-10-18(23(29)30)13-25-11-17/h3-11,13H,12,14H2,1-2H3,(H,26,28)(H,29,30). The van der Waals surface area contributed by atoms with Crippen molar-refractivity contribution in [1.82, 2.24) is 10.3 Å². The minimum Gasteiger partial charge on any atom is -0.478 e. The number of sulfonamides is 1. The highest BCUT2D eigenvalue weighted by atomic mass is 35.5. The predicted molar refractivity (Wildman–Crippen MR) is 125 cm³/mol. The molecule has 0 saturated carbocycles. The van der Waals surface area contributed by atoms with Gasteiger partial charge in [-0.2, -0.15) is 0 Å². The van der Waals surface area contributed by atoms with Crippen molar-refractivity contribution in [2.75, 3.05) is 10.8 Å². The predicted octanol–water partition coefficient (Wildman–Crippen LogP) is 3.56. The van der Waals surface area contributed by atoms with Crippen LogP contribution < -0.4 is 9.62 Å². The first-order valence-electron chi connectivity index (χ1n) is 9.88. The summed E-state index contributed by atoms with van der Waals surface area (Å²) in [7, 11) is -4.08. The average molecular weight is 488 g/mol. The molecule has 0 fully saturated rings. The first kappa shape index (κ1) is 24.2. The molecule has 8 nitrogen and oxygen atoms in total. The van der Waals surface area contributed by atoms with Crippen LogP contribution in [0.15, 0.2) is 65.8 Å². The van der Waals surface area contributed by atoms with Crippen molar-refractivity contribution in [2.24, 2.45) is 0 Å². The number of pyridine rings is 1. The van der Waals surface area contributed by atoms with Gasteiger partial charge in [0.1, 0.15) is 6.54 Å². The molecule has 0 saturated heterocycles. The fourth-order valence-corrected chi connectivity index (χ4v) is 4.74. The molecule has 0 aliphatic rings. The maximum atomic E-state index is 13.5. The zero-order chi connectivity index (χ0) is 24.2. The van der Waals surface area contributed by atoms with Crippen LogP contribution in [-0.4, -0.2) is 36.9 Å². The summed E-state index contributed by atoms with van der Waals surface area (Å²) in [6.45, 7) is 3.01. The number of carboxylic acid groups (broad SMARTS) is 1. The van der Waals surface area contributed by atoms with Gasteiger partial charge in [-0.15, -0.1) is 0 Å². The molecule has 1 aromatic heterocycles. The molecular weight excluding hydrogens is 466 g/mol. The molecule has 3 aromatic rings. The van der Waals surface area contributed by atoms with Crippen LogP contribution in [0.1, 0.15) is 27.0 Å². The SMILES string of the molecule is Cc1ccc(S(=O)(=O)N(CC(=O)NCc2cncc(C(=O)O)c2)c2cccc(Cl)c2C)cc1. The number of nitrogens with one attached hydrogen (secondary N) is 1. The Morgan fingerprint density at radius 1 is 1.09 bits per heavy atom. The molecule has 1 amide bonds. The number of amides is 1. The maximum absolute atomic E-state index is 13.5. The van der Waals surface area contributed by atoms with Crippen LogP contribution in [0.25, 0.3) is 0 Å². The highest BCUT2D eigenvalue weighted by molar-refractivity contribution is 7.92. The van der Waals surface area contributed by atoms with E-state index in [4.69, 9.17) is 16.7 Å². The molecule has 2 aromatic carbocycles. The molecule has 3 rings (SSSR count). The Morgan fingerprint density at radius 3 is 2.45 bits per heavy atom. The molecule has 0 spiro atoms. The molecule has 172 valence electrons. The first-order chi connectivity index (χ1) is 15.6. The Bertz CT molecular complexity index is 1290. The van der Waals surface area contributed by atoms with Gasteiger partial charge in [0.25, 0.3) is 10.0 Å². The molecule has 1 heterocycles. The largest absolute Gasteiger partial charge is 0.478 e. The number of hydrogen-bond acceptors (Lipinski definition) is 5. The summed E-state index contributed by atoms with van der Waals surface area (Å²) in [6.07, 6.45) is 2.63. The molecule has 0 radical (unpaired) electrons. The van der Waals surface area contributed by atoms with Crippen LogP contribution in [0.3, 0.4) is 0 Å². The van der Waals surface area contributed by atoms with Gasteiger partial charge in [0, 0.05) is 24.0 Å². The van der Waals surface area contributed by atoms with Crippen molar-refractivity contribution in [1.29, 1.82) is 0 Å². The lowest BCUT2D eigenvalue weighted by molar-refractivity contribution is -0.119. The lowest BCUT2D eigenvalue weighted by atomic mass is 10.2. The van der Waals surface area contributed by atoms with Gasteiger partial charge in [-0.25, -0.2) is 13.2 Å². The normalized spacial score (nSPS) is 11.1. The van der Waals surface area contributed by atoms with E-state index in [1.54, 1.807) is 37.3 Å². The number of aromatic nitrogens is 1. The van der Waals surface area contributed by atoms with Gasteiger partial charge in [0.2, 0.25) is 5.91 Å². The third-order valence-electron chi connectivity index (χ3n) is 4.94. The van der Waals surface area contributed by atoms with Crippen molar-refractivity contribution in [3.63, 3.8) is 0 Å². The molecule has 2 N–H and O–H groups in total. The number of carbonyl (C=O) groups is 2. The lowest BCUT2D eigenvalue weighted by Gasteiger charge is -2.26. The summed E-state index contributed by atoms with van der Waals surface area (Å²) in [5.74, 6) is -1.71. The van der Waals surface area contributed by atoms with Crippen molar-refractivity contribution in [3.05, 3.63) is 88.2 Å².